The average molecular weight is 231 g/mol. The molecule has 16 heavy (non-hydrogen) atoms. The summed E-state index contributed by atoms with van der Waals surface area (Å²) in [5, 5.41) is 11.0. The zero-order chi connectivity index (χ0) is 11.3. The van der Waals surface area contributed by atoms with E-state index in [0.717, 1.165) is 21.1 Å². The third-order valence-electron chi connectivity index (χ3n) is 2.66. The molecule has 0 spiro atoms. The van der Waals surface area contributed by atoms with E-state index in [1.807, 2.05) is 19.1 Å². The molecular weight excluding hydrogens is 222 g/mol. The highest BCUT2D eigenvalue weighted by molar-refractivity contribution is 7.20. The zero-order valence-electron chi connectivity index (χ0n) is 8.57. The molecule has 2 heterocycles. The highest BCUT2D eigenvalue weighted by Crippen LogP contribution is 2.32. The van der Waals surface area contributed by atoms with Gasteiger partial charge in [0.25, 0.3) is 0 Å². The number of rotatable bonds is 1. The fourth-order valence-electron chi connectivity index (χ4n) is 1.91. The minimum Gasteiger partial charge on any atom is -0.477 e. The van der Waals surface area contributed by atoms with Gasteiger partial charge in [0.2, 0.25) is 0 Å². The van der Waals surface area contributed by atoms with Crippen LogP contribution in [-0.4, -0.2) is 16.1 Å². The molecule has 0 fully saturated rings. The van der Waals surface area contributed by atoms with Crippen LogP contribution in [0.5, 0.6) is 0 Å². The van der Waals surface area contributed by atoms with Crippen molar-refractivity contribution in [2.45, 2.75) is 6.92 Å². The summed E-state index contributed by atoms with van der Waals surface area (Å²) >= 11 is 1.28. The number of hydrogen-bond donors (Lipinski definition) is 2. The molecular formula is C12H9NO2S. The minimum atomic E-state index is -0.866. The number of thiophene rings is 1. The number of nitrogens with one attached hydrogen (secondary N) is 1. The van der Waals surface area contributed by atoms with Gasteiger partial charge in [-0.2, -0.15) is 0 Å². The SMILES string of the molecule is Cc1ccc2c(c1)[nH]c1sc(C(=O)O)cc12. The van der Waals surface area contributed by atoms with Crippen molar-refractivity contribution in [3.63, 3.8) is 0 Å². The fraction of sp³-hybridized carbons (Fsp3) is 0.0833. The van der Waals surface area contributed by atoms with Crippen LogP contribution < -0.4 is 0 Å². The predicted octanol–water partition coefficient (Wildman–Crippen LogP) is 3.39. The highest BCUT2D eigenvalue weighted by atomic mass is 32.1. The average Bonchev–Trinajstić information content (AvgIpc) is 2.73. The molecule has 2 N–H and O–H groups in total. The number of H-pyrrole nitrogens is 1. The topological polar surface area (TPSA) is 53.1 Å². The van der Waals surface area contributed by atoms with Crippen LogP contribution in [0.15, 0.2) is 24.3 Å². The van der Waals surface area contributed by atoms with E-state index >= 15 is 0 Å². The Kier molecular flexibility index (Phi) is 1.82. The molecule has 0 aliphatic carbocycles. The van der Waals surface area contributed by atoms with Gasteiger partial charge in [-0.15, -0.1) is 11.3 Å². The van der Waals surface area contributed by atoms with E-state index < -0.39 is 5.97 Å². The van der Waals surface area contributed by atoms with Gasteiger partial charge in [0.15, 0.2) is 0 Å². The van der Waals surface area contributed by atoms with E-state index in [1.54, 1.807) is 6.07 Å². The van der Waals surface area contributed by atoms with Gasteiger partial charge in [-0.1, -0.05) is 12.1 Å². The first-order valence-electron chi connectivity index (χ1n) is 4.90. The maximum Gasteiger partial charge on any atom is 0.345 e. The molecule has 0 aliphatic rings. The first-order valence-corrected chi connectivity index (χ1v) is 5.72. The minimum absolute atomic E-state index is 0.378. The van der Waals surface area contributed by atoms with Gasteiger partial charge >= 0.3 is 5.97 Å². The van der Waals surface area contributed by atoms with Crippen LogP contribution >= 0.6 is 11.3 Å². The summed E-state index contributed by atoms with van der Waals surface area (Å²) in [7, 11) is 0. The molecule has 0 unspecified atom stereocenters. The van der Waals surface area contributed by atoms with Crippen molar-refractivity contribution in [2.24, 2.45) is 0 Å². The lowest BCUT2D eigenvalue weighted by atomic mass is 10.1. The van der Waals surface area contributed by atoms with Crippen LogP contribution in [0, 0.1) is 6.92 Å². The Labute approximate surface area is 95.3 Å². The molecule has 0 radical (unpaired) electrons. The second-order valence-electron chi connectivity index (χ2n) is 3.83. The fourth-order valence-corrected chi connectivity index (χ4v) is 2.83. The number of carbonyl (C=O) groups is 1. The molecule has 0 atom stereocenters. The Balaban J connectivity index is 2.38. The Hall–Kier alpha value is -1.81. The summed E-state index contributed by atoms with van der Waals surface area (Å²) in [4.78, 5) is 15.4. The molecule has 0 bridgehead atoms. The molecule has 0 aliphatic heterocycles. The van der Waals surface area contributed by atoms with Crippen LogP contribution in [-0.2, 0) is 0 Å². The summed E-state index contributed by atoms with van der Waals surface area (Å²) < 4.78 is 0. The van der Waals surface area contributed by atoms with Gasteiger partial charge in [-0.25, -0.2) is 4.79 Å². The van der Waals surface area contributed by atoms with E-state index in [2.05, 4.69) is 11.1 Å². The Morgan fingerprint density at radius 1 is 1.31 bits per heavy atom. The van der Waals surface area contributed by atoms with Crippen molar-refractivity contribution in [3.8, 4) is 0 Å². The molecule has 0 saturated carbocycles. The van der Waals surface area contributed by atoms with Crippen LogP contribution in [0.3, 0.4) is 0 Å². The van der Waals surface area contributed by atoms with E-state index in [1.165, 1.54) is 16.9 Å². The lowest BCUT2D eigenvalue weighted by Crippen LogP contribution is -1.89. The monoisotopic (exact) mass is 231 g/mol. The molecule has 4 heteroatoms. The van der Waals surface area contributed by atoms with Gasteiger partial charge in [0.1, 0.15) is 9.71 Å². The number of hydrogen-bond acceptors (Lipinski definition) is 2. The standard InChI is InChI=1S/C12H9NO2S/c1-6-2-3-7-8-5-10(12(14)15)16-11(8)13-9(7)4-6/h2-5,13H,1H3,(H,14,15). The largest absolute Gasteiger partial charge is 0.477 e. The second kappa shape index (κ2) is 3.09. The quantitative estimate of drug-likeness (QED) is 0.674. The van der Waals surface area contributed by atoms with Gasteiger partial charge in [-0.05, 0) is 24.6 Å². The lowest BCUT2D eigenvalue weighted by Gasteiger charge is -1.92. The maximum atomic E-state index is 10.9. The second-order valence-corrected chi connectivity index (χ2v) is 4.88. The number of aryl methyl sites for hydroxylation is 1. The van der Waals surface area contributed by atoms with Crippen LogP contribution in [0.25, 0.3) is 21.1 Å². The number of aromatic carboxylic acids is 1. The molecule has 0 saturated heterocycles. The third-order valence-corrected chi connectivity index (χ3v) is 3.69. The van der Waals surface area contributed by atoms with Gasteiger partial charge in [0.05, 0.1) is 0 Å². The number of carboxylic acid groups (broad SMARTS) is 1. The Bertz CT molecular complexity index is 708. The first-order chi connectivity index (χ1) is 7.65. The van der Waals surface area contributed by atoms with Crippen molar-refractivity contribution in [3.05, 3.63) is 34.7 Å². The van der Waals surface area contributed by atoms with Crippen molar-refractivity contribution < 1.29 is 9.90 Å². The van der Waals surface area contributed by atoms with Gasteiger partial charge in [0, 0.05) is 16.3 Å². The summed E-state index contributed by atoms with van der Waals surface area (Å²) in [6, 6.07) is 7.87. The van der Waals surface area contributed by atoms with E-state index in [9.17, 15) is 4.79 Å². The van der Waals surface area contributed by atoms with Crippen LogP contribution in [0.1, 0.15) is 15.2 Å². The molecule has 80 valence electrons. The number of fused-ring (bicyclic) bond motifs is 3. The van der Waals surface area contributed by atoms with Crippen molar-refractivity contribution >= 4 is 38.4 Å². The molecule has 3 aromatic rings. The van der Waals surface area contributed by atoms with Crippen molar-refractivity contribution in [1.29, 1.82) is 0 Å². The van der Waals surface area contributed by atoms with Gasteiger partial charge < -0.3 is 10.1 Å². The highest BCUT2D eigenvalue weighted by Gasteiger charge is 2.12. The Morgan fingerprint density at radius 2 is 2.12 bits per heavy atom. The number of benzene rings is 1. The van der Waals surface area contributed by atoms with Crippen LogP contribution in [0.4, 0.5) is 0 Å². The summed E-state index contributed by atoms with van der Waals surface area (Å²) in [6.45, 7) is 2.04. The van der Waals surface area contributed by atoms with E-state index in [4.69, 9.17) is 5.11 Å². The first kappa shape index (κ1) is 9.42. The lowest BCUT2D eigenvalue weighted by molar-refractivity contribution is 0.0702. The summed E-state index contributed by atoms with van der Waals surface area (Å²) in [6.07, 6.45) is 0. The summed E-state index contributed by atoms with van der Waals surface area (Å²) in [5.41, 5.74) is 2.26. The molecule has 2 aromatic heterocycles. The predicted molar refractivity (Wildman–Crippen MR) is 65.4 cm³/mol. The Morgan fingerprint density at radius 3 is 2.88 bits per heavy atom. The van der Waals surface area contributed by atoms with Crippen molar-refractivity contribution in [1.82, 2.24) is 4.98 Å². The third kappa shape index (κ3) is 1.23. The van der Waals surface area contributed by atoms with E-state index in [-0.39, 0.29) is 0 Å². The summed E-state index contributed by atoms with van der Waals surface area (Å²) in [5.74, 6) is -0.866. The molecule has 0 amide bonds. The van der Waals surface area contributed by atoms with Crippen LogP contribution in [0.2, 0.25) is 0 Å². The normalized spacial score (nSPS) is 11.3. The number of aromatic nitrogens is 1. The maximum absolute atomic E-state index is 10.9. The number of carboxylic acids is 1. The molecule has 1 aromatic carbocycles. The smallest absolute Gasteiger partial charge is 0.345 e. The molecule has 3 nitrogen and oxygen atoms in total. The molecule has 3 rings (SSSR count). The zero-order valence-corrected chi connectivity index (χ0v) is 9.39. The van der Waals surface area contributed by atoms with Gasteiger partial charge in [-0.3, -0.25) is 0 Å². The van der Waals surface area contributed by atoms with Crippen molar-refractivity contribution in [2.75, 3.05) is 0 Å². The van der Waals surface area contributed by atoms with E-state index in [0.29, 0.717) is 4.88 Å². The number of aromatic amines is 1.